The lowest BCUT2D eigenvalue weighted by molar-refractivity contribution is -0.384. The van der Waals surface area contributed by atoms with E-state index in [0.29, 0.717) is 12.1 Å². The number of nitro benzene ring substituents is 1. The first-order valence-electron chi connectivity index (χ1n) is 12.5. The van der Waals surface area contributed by atoms with Gasteiger partial charge in [-0.3, -0.25) is 24.6 Å². The number of hydrogen-bond acceptors (Lipinski definition) is 5. The molecular weight excluding hydrogens is 534 g/mol. The number of anilines is 1. The predicted octanol–water partition coefficient (Wildman–Crippen LogP) is 5.88. The molecular formula is C29H26BrN3O4. The summed E-state index contributed by atoms with van der Waals surface area (Å²) in [6.45, 7) is 4.71. The Hall–Kier alpha value is -3.36. The van der Waals surface area contributed by atoms with Crippen LogP contribution < -0.4 is 5.32 Å². The fourth-order valence-electron chi connectivity index (χ4n) is 7.00. The van der Waals surface area contributed by atoms with Crippen molar-refractivity contribution in [1.29, 1.82) is 0 Å². The molecule has 0 aromatic heterocycles. The van der Waals surface area contributed by atoms with Gasteiger partial charge in [-0.1, -0.05) is 57.9 Å². The second-order valence-corrected chi connectivity index (χ2v) is 11.3. The van der Waals surface area contributed by atoms with Gasteiger partial charge in [-0.25, -0.2) is 0 Å². The Labute approximate surface area is 223 Å². The maximum atomic E-state index is 14.5. The summed E-state index contributed by atoms with van der Waals surface area (Å²) in [4.78, 5) is 41.9. The minimum absolute atomic E-state index is 0.00530. The number of aryl methyl sites for hydroxylation is 2. The summed E-state index contributed by atoms with van der Waals surface area (Å²) in [5.74, 6) is -1.24. The molecule has 7 nitrogen and oxygen atoms in total. The van der Waals surface area contributed by atoms with Crippen molar-refractivity contribution in [3.63, 3.8) is 0 Å². The molecule has 3 aliphatic heterocycles. The number of fused-ring (bicyclic) bond motifs is 4. The molecule has 3 unspecified atom stereocenters. The number of carbonyl (C=O) groups excluding carboxylic acids is 2. The molecule has 6 rings (SSSR count). The Kier molecular flexibility index (Phi) is 5.58. The second-order valence-electron chi connectivity index (χ2n) is 10.4. The molecule has 37 heavy (non-hydrogen) atoms. The van der Waals surface area contributed by atoms with Gasteiger partial charge in [0.1, 0.15) is 5.54 Å². The van der Waals surface area contributed by atoms with Crippen LogP contribution >= 0.6 is 15.9 Å². The maximum Gasteiger partial charge on any atom is 0.269 e. The van der Waals surface area contributed by atoms with Crippen molar-refractivity contribution in [3.05, 3.63) is 103 Å². The molecule has 3 heterocycles. The van der Waals surface area contributed by atoms with Crippen molar-refractivity contribution < 1.29 is 14.5 Å². The summed E-state index contributed by atoms with van der Waals surface area (Å²) < 4.78 is 0.868. The standard InChI is InChI=1S/C29H26BrN3O4/c1-16-14-17(2)26-22(15-16)29(28(35)31-26)25(27(34)19-5-9-20(30)10-6-19)24(23-4-3-13-32(23)29)18-7-11-21(12-8-18)33(36)37/h5-12,14-15,23-25H,3-4,13H2,1-2H3,(H,31,35)/t23?,24?,25?,29-/m1/s1. The van der Waals surface area contributed by atoms with Gasteiger partial charge in [0.05, 0.1) is 10.8 Å². The quantitative estimate of drug-likeness (QED) is 0.244. The number of hydrogen-bond donors (Lipinski definition) is 1. The predicted molar refractivity (Wildman–Crippen MR) is 144 cm³/mol. The van der Waals surface area contributed by atoms with Crippen LogP contribution in [0.5, 0.6) is 0 Å². The Morgan fingerprint density at radius 1 is 1.11 bits per heavy atom. The lowest BCUT2D eigenvalue weighted by Crippen LogP contribution is -2.52. The number of ketones is 1. The molecule has 0 saturated carbocycles. The van der Waals surface area contributed by atoms with E-state index in [4.69, 9.17) is 0 Å². The third-order valence-electron chi connectivity index (χ3n) is 8.35. The Morgan fingerprint density at radius 2 is 1.81 bits per heavy atom. The Balaban J connectivity index is 1.61. The largest absolute Gasteiger partial charge is 0.324 e. The number of Topliss-reactive ketones (excluding diaryl/α,β-unsaturated/α-hetero) is 1. The van der Waals surface area contributed by atoms with Gasteiger partial charge in [-0.05, 0) is 56.5 Å². The van der Waals surface area contributed by atoms with Gasteiger partial charge in [0.15, 0.2) is 5.78 Å². The minimum Gasteiger partial charge on any atom is -0.324 e. The molecule has 2 fully saturated rings. The van der Waals surface area contributed by atoms with E-state index in [-0.39, 0.29) is 29.3 Å². The van der Waals surface area contributed by atoms with Crippen molar-refractivity contribution in [3.8, 4) is 0 Å². The van der Waals surface area contributed by atoms with E-state index in [1.54, 1.807) is 24.3 Å². The summed E-state index contributed by atoms with van der Waals surface area (Å²) in [5, 5.41) is 14.5. The van der Waals surface area contributed by atoms with Gasteiger partial charge in [-0.15, -0.1) is 0 Å². The van der Waals surface area contributed by atoms with Gasteiger partial charge in [0, 0.05) is 45.4 Å². The average Bonchev–Trinajstić information content (AvgIpc) is 3.53. The molecule has 3 aromatic carbocycles. The van der Waals surface area contributed by atoms with E-state index in [1.165, 1.54) is 12.1 Å². The first-order valence-corrected chi connectivity index (χ1v) is 13.3. The Bertz CT molecular complexity index is 1450. The van der Waals surface area contributed by atoms with Crippen LogP contribution in [0.1, 0.15) is 51.4 Å². The lowest BCUT2D eigenvalue weighted by atomic mass is 9.68. The molecule has 8 heteroatoms. The molecule has 1 amide bonds. The van der Waals surface area contributed by atoms with Crippen molar-refractivity contribution in [2.24, 2.45) is 5.92 Å². The lowest BCUT2D eigenvalue weighted by Gasteiger charge is -2.37. The first kappa shape index (κ1) is 24.0. The normalized spacial score (nSPS) is 26.2. The van der Waals surface area contributed by atoms with Crippen LogP contribution in [0.15, 0.2) is 65.1 Å². The number of carbonyl (C=O) groups is 2. The van der Waals surface area contributed by atoms with E-state index < -0.39 is 16.4 Å². The minimum atomic E-state index is -1.15. The van der Waals surface area contributed by atoms with Gasteiger partial charge >= 0.3 is 0 Å². The highest BCUT2D eigenvalue weighted by atomic mass is 79.9. The zero-order valence-electron chi connectivity index (χ0n) is 20.5. The van der Waals surface area contributed by atoms with E-state index in [2.05, 4.69) is 32.2 Å². The van der Waals surface area contributed by atoms with Crippen LogP contribution in [0.25, 0.3) is 0 Å². The molecule has 4 atom stereocenters. The number of nitro groups is 1. The number of halogens is 1. The zero-order valence-corrected chi connectivity index (χ0v) is 22.1. The van der Waals surface area contributed by atoms with Gasteiger partial charge in [-0.2, -0.15) is 0 Å². The molecule has 2 saturated heterocycles. The van der Waals surface area contributed by atoms with Crippen LogP contribution in [0.3, 0.4) is 0 Å². The number of nitrogens with zero attached hydrogens (tertiary/aromatic N) is 2. The van der Waals surface area contributed by atoms with Crippen molar-refractivity contribution in [2.75, 3.05) is 11.9 Å². The highest BCUT2D eigenvalue weighted by Gasteiger charge is 2.69. The van der Waals surface area contributed by atoms with Crippen LogP contribution in [0, 0.1) is 29.9 Å². The highest BCUT2D eigenvalue weighted by Crippen LogP contribution is 2.61. The number of rotatable bonds is 4. The molecule has 0 aliphatic carbocycles. The molecule has 1 spiro atoms. The van der Waals surface area contributed by atoms with Crippen LogP contribution in [-0.4, -0.2) is 34.1 Å². The smallest absolute Gasteiger partial charge is 0.269 e. The summed E-state index contributed by atoms with van der Waals surface area (Å²) in [7, 11) is 0. The van der Waals surface area contributed by atoms with Gasteiger partial charge in [0.25, 0.3) is 5.69 Å². The fourth-order valence-corrected chi connectivity index (χ4v) is 7.27. The van der Waals surface area contributed by atoms with E-state index >= 15 is 0 Å². The van der Waals surface area contributed by atoms with Crippen molar-refractivity contribution in [1.82, 2.24) is 4.90 Å². The summed E-state index contributed by atoms with van der Waals surface area (Å²) >= 11 is 3.45. The molecule has 1 N–H and O–H groups in total. The van der Waals surface area contributed by atoms with Crippen molar-refractivity contribution >= 4 is 39.0 Å². The molecule has 188 valence electrons. The molecule has 3 aromatic rings. The number of amides is 1. The summed E-state index contributed by atoms with van der Waals surface area (Å²) in [6, 6.07) is 17.9. The fraction of sp³-hybridized carbons (Fsp3) is 0.310. The third kappa shape index (κ3) is 3.42. The summed E-state index contributed by atoms with van der Waals surface area (Å²) in [5.41, 5.74) is 3.92. The van der Waals surface area contributed by atoms with E-state index in [1.807, 2.05) is 32.0 Å². The Morgan fingerprint density at radius 3 is 2.49 bits per heavy atom. The first-order chi connectivity index (χ1) is 17.7. The SMILES string of the molecule is Cc1cc(C)c2c(c1)[C@]1(C(=O)N2)C(C(=O)c2ccc(Br)cc2)C(c2ccc([N+](=O)[O-])cc2)C2CCCN21. The second kappa shape index (κ2) is 8.60. The monoisotopic (exact) mass is 559 g/mol. The highest BCUT2D eigenvalue weighted by molar-refractivity contribution is 9.10. The number of nitrogens with one attached hydrogen (secondary N) is 1. The third-order valence-corrected chi connectivity index (χ3v) is 8.88. The summed E-state index contributed by atoms with van der Waals surface area (Å²) in [6.07, 6.45) is 1.77. The zero-order chi connectivity index (χ0) is 26.1. The van der Waals surface area contributed by atoms with Crippen LogP contribution in [0.2, 0.25) is 0 Å². The molecule has 0 radical (unpaired) electrons. The van der Waals surface area contributed by atoms with E-state index in [0.717, 1.165) is 45.3 Å². The average molecular weight is 560 g/mol. The van der Waals surface area contributed by atoms with Crippen LogP contribution in [-0.2, 0) is 10.3 Å². The van der Waals surface area contributed by atoms with Gasteiger partial charge < -0.3 is 5.32 Å². The van der Waals surface area contributed by atoms with E-state index in [9.17, 15) is 19.7 Å². The molecule has 0 bridgehead atoms. The topological polar surface area (TPSA) is 92.5 Å². The van der Waals surface area contributed by atoms with Crippen molar-refractivity contribution in [2.45, 2.75) is 44.2 Å². The molecule has 3 aliphatic rings. The number of benzene rings is 3. The van der Waals surface area contributed by atoms with Crippen LogP contribution in [0.4, 0.5) is 11.4 Å². The number of non-ortho nitro benzene ring substituents is 1. The maximum absolute atomic E-state index is 14.5. The van der Waals surface area contributed by atoms with Gasteiger partial charge in [0.2, 0.25) is 5.91 Å².